The largest absolute Gasteiger partial charge is 0.456 e. The third-order valence-electron chi connectivity index (χ3n) is 10.7. The highest BCUT2D eigenvalue weighted by Gasteiger charge is 2.22. The summed E-state index contributed by atoms with van der Waals surface area (Å²) in [5.74, 6) is 0. The van der Waals surface area contributed by atoms with Crippen molar-refractivity contribution in [3.8, 4) is 16.8 Å². The first-order valence-corrected chi connectivity index (χ1v) is 18.1. The number of para-hydroxylation sites is 2. The minimum atomic E-state index is 0.880. The molecule has 0 atom stereocenters. The van der Waals surface area contributed by atoms with Crippen LogP contribution in [-0.2, 0) is 0 Å². The summed E-state index contributed by atoms with van der Waals surface area (Å²) in [5, 5.41) is 9.63. The van der Waals surface area contributed by atoms with E-state index in [-0.39, 0.29) is 0 Å². The fraction of sp³-hybridized carbons (Fsp3) is 0. The molecule has 0 unspecified atom stereocenters. The second kappa shape index (κ2) is 11.7. The van der Waals surface area contributed by atoms with Crippen molar-refractivity contribution in [3.63, 3.8) is 0 Å². The van der Waals surface area contributed by atoms with Crippen LogP contribution < -0.4 is 4.90 Å². The van der Waals surface area contributed by atoms with Gasteiger partial charge in [0.15, 0.2) is 0 Å². The van der Waals surface area contributed by atoms with Crippen LogP contribution in [0.1, 0.15) is 0 Å². The van der Waals surface area contributed by atoms with Gasteiger partial charge in [-0.05, 0) is 87.8 Å². The first-order chi connectivity index (χ1) is 26.3. The zero-order valence-corrected chi connectivity index (χ0v) is 28.8. The summed E-state index contributed by atoms with van der Waals surface area (Å²) in [7, 11) is 0. The second-order valence-corrected chi connectivity index (χ2v) is 13.7. The molecule has 11 aromatic rings. The molecule has 0 amide bonds. The average Bonchev–Trinajstić information content (AvgIpc) is 3.77. The van der Waals surface area contributed by atoms with E-state index in [9.17, 15) is 0 Å². The molecule has 53 heavy (non-hydrogen) atoms. The molecule has 0 spiro atoms. The van der Waals surface area contributed by atoms with Crippen LogP contribution in [0.4, 0.5) is 17.1 Å². The van der Waals surface area contributed by atoms with Gasteiger partial charge in [0, 0.05) is 44.2 Å². The Bertz CT molecular complexity index is 3190. The predicted octanol–water partition coefficient (Wildman–Crippen LogP) is 14.1. The summed E-state index contributed by atoms with van der Waals surface area (Å²) in [6.07, 6.45) is 0. The number of anilines is 3. The summed E-state index contributed by atoms with van der Waals surface area (Å²) in [5.41, 5.74) is 10.8. The molecule has 11 rings (SSSR count). The minimum absolute atomic E-state index is 0.880. The Morgan fingerprint density at radius 3 is 1.98 bits per heavy atom. The van der Waals surface area contributed by atoms with Crippen molar-refractivity contribution >= 4 is 82.4 Å². The van der Waals surface area contributed by atoms with E-state index in [0.717, 1.165) is 55.8 Å². The molecule has 0 N–H and O–H groups in total. The molecule has 2 aromatic heterocycles. The Morgan fingerprint density at radius 1 is 0.396 bits per heavy atom. The van der Waals surface area contributed by atoms with Crippen molar-refractivity contribution in [2.75, 3.05) is 4.90 Å². The topological polar surface area (TPSA) is 21.3 Å². The molecule has 0 aliphatic rings. The van der Waals surface area contributed by atoms with Gasteiger partial charge in [-0.2, -0.15) is 0 Å². The van der Waals surface area contributed by atoms with Gasteiger partial charge in [0.1, 0.15) is 11.2 Å². The van der Waals surface area contributed by atoms with Gasteiger partial charge in [-0.25, -0.2) is 0 Å². The third-order valence-corrected chi connectivity index (χ3v) is 10.7. The first-order valence-electron chi connectivity index (χ1n) is 18.1. The van der Waals surface area contributed by atoms with Gasteiger partial charge in [-0.15, -0.1) is 0 Å². The van der Waals surface area contributed by atoms with Crippen molar-refractivity contribution in [3.05, 3.63) is 194 Å². The molecule has 0 saturated carbocycles. The molecule has 3 nitrogen and oxygen atoms in total. The molecular formula is C50H32N2O. The number of nitrogens with zero attached hydrogens (tertiary/aromatic N) is 2. The molecule has 0 aliphatic carbocycles. The van der Waals surface area contributed by atoms with Crippen LogP contribution in [0.25, 0.3) is 82.1 Å². The number of hydrogen-bond acceptors (Lipinski definition) is 2. The van der Waals surface area contributed by atoms with Gasteiger partial charge < -0.3 is 13.9 Å². The molecule has 0 radical (unpaired) electrons. The van der Waals surface area contributed by atoms with Gasteiger partial charge in [-0.3, -0.25) is 0 Å². The van der Waals surface area contributed by atoms with Gasteiger partial charge >= 0.3 is 0 Å². The van der Waals surface area contributed by atoms with Crippen LogP contribution in [0.2, 0.25) is 0 Å². The Hall–Kier alpha value is -7.10. The number of aromatic nitrogens is 1. The number of benzene rings is 9. The zero-order valence-electron chi connectivity index (χ0n) is 28.8. The van der Waals surface area contributed by atoms with Crippen LogP contribution in [0, 0.1) is 0 Å². The number of rotatable bonds is 5. The quantitative estimate of drug-likeness (QED) is 0.181. The highest BCUT2D eigenvalue weighted by molar-refractivity contribution is 6.22. The monoisotopic (exact) mass is 676 g/mol. The highest BCUT2D eigenvalue weighted by atomic mass is 16.3. The van der Waals surface area contributed by atoms with E-state index in [1.807, 2.05) is 12.1 Å². The SMILES string of the molecule is c1ccc(-c2ccccc2N(c2ccc3oc4ccccc4c3c2)c2ccc3c4c5ccccc5ccc4n(-c4ccc5ccccc5c4)c3c2)cc1. The van der Waals surface area contributed by atoms with Crippen molar-refractivity contribution in [1.82, 2.24) is 4.57 Å². The van der Waals surface area contributed by atoms with Crippen molar-refractivity contribution < 1.29 is 4.42 Å². The molecule has 9 aromatic carbocycles. The molecule has 0 bridgehead atoms. The van der Waals surface area contributed by atoms with E-state index in [2.05, 4.69) is 191 Å². The maximum Gasteiger partial charge on any atom is 0.135 e. The molecule has 3 heteroatoms. The smallest absolute Gasteiger partial charge is 0.135 e. The van der Waals surface area contributed by atoms with Crippen molar-refractivity contribution in [2.24, 2.45) is 0 Å². The van der Waals surface area contributed by atoms with Gasteiger partial charge in [0.25, 0.3) is 0 Å². The Kier molecular flexibility index (Phi) is 6.55. The number of fused-ring (bicyclic) bond motifs is 9. The Balaban J connectivity index is 1.22. The van der Waals surface area contributed by atoms with E-state index in [1.54, 1.807) is 0 Å². The van der Waals surface area contributed by atoms with Crippen LogP contribution >= 0.6 is 0 Å². The minimum Gasteiger partial charge on any atom is -0.456 e. The lowest BCUT2D eigenvalue weighted by Gasteiger charge is -2.28. The maximum atomic E-state index is 6.29. The van der Waals surface area contributed by atoms with Gasteiger partial charge in [0.05, 0.1) is 16.7 Å². The van der Waals surface area contributed by atoms with Crippen LogP contribution in [-0.4, -0.2) is 4.57 Å². The molecular weight excluding hydrogens is 645 g/mol. The van der Waals surface area contributed by atoms with Gasteiger partial charge in [-0.1, -0.05) is 133 Å². The predicted molar refractivity (Wildman–Crippen MR) is 223 cm³/mol. The molecule has 0 aliphatic heterocycles. The second-order valence-electron chi connectivity index (χ2n) is 13.7. The summed E-state index contributed by atoms with van der Waals surface area (Å²) < 4.78 is 8.74. The number of hydrogen-bond donors (Lipinski definition) is 0. The van der Waals surface area contributed by atoms with Crippen molar-refractivity contribution in [1.29, 1.82) is 0 Å². The lowest BCUT2D eigenvalue weighted by atomic mass is 10.0. The molecule has 0 saturated heterocycles. The third kappa shape index (κ3) is 4.68. The fourth-order valence-electron chi connectivity index (χ4n) is 8.32. The van der Waals surface area contributed by atoms with Crippen molar-refractivity contribution in [2.45, 2.75) is 0 Å². The Morgan fingerprint density at radius 2 is 1.08 bits per heavy atom. The summed E-state index contributed by atoms with van der Waals surface area (Å²) in [6.45, 7) is 0. The molecule has 2 heterocycles. The summed E-state index contributed by atoms with van der Waals surface area (Å²) >= 11 is 0. The summed E-state index contributed by atoms with van der Waals surface area (Å²) in [6, 6.07) is 69.9. The van der Waals surface area contributed by atoms with E-state index >= 15 is 0 Å². The maximum absolute atomic E-state index is 6.29. The van der Waals surface area contributed by atoms with Crippen LogP contribution in [0.15, 0.2) is 199 Å². The zero-order chi connectivity index (χ0) is 34.9. The standard InChI is InChI=1S/C50H32N2O/c1-2-13-34(14-3-1)40-17-8-10-20-45(40)51(38-26-29-49-44(31-38)42-19-9-11-21-48(42)53-49)39-25-27-43-47(32-39)52(37-24-22-33-12-4-5-16-36(33)30-37)46-28-23-35-15-6-7-18-41(35)50(43)46/h1-32H. The summed E-state index contributed by atoms with van der Waals surface area (Å²) in [4.78, 5) is 2.41. The lowest BCUT2D eigenvalue weighted by Crippen LogP contribution is -2.11. The van der Waals surface area contributed by atoms with E-state index in [1.165, 1.54) is 43.4 Å². The Labute approximate surface area is 306 Å². The van der Waals surface area contributed by atoms with E-state index in [0.29, 0.717) is 0 Å². The first kappa shape index (κ1) is 29.6. The lowest BCUT2D eigenvalue weighted by molar-refractivity contribution is 0.669. The highest BCUT2D eigenvalue weighted by Crippen LogP contribution is 2.45. The normalized spacial score (nSPS) is 11.8. The molecule has 248 valence electrons. The van der Waals surface area contributed by atoms with Crippen LogP contribution in [0.3, 0.4) is 0 Å². The van der Waals surface area contributed by atoms with Gasteiger partial charge in [0.2, 0.25) is 0 Å². The van der Waals surface area contributed by atoms with E-state index in [4.69, 9.17) is 4.42 Å². The number of furan rings is 1. The average molecular weight is 677 g/mol. The van der Waals surface area contributed by atoms with E-state index < -0.39 is 0 Å². The fourth-order valence-corrected chi connectivity index (χ4v) is 8.32. The molecule has 0 fully saturated rings. The van der Waals surface area contributed by atoms with Crippen LogP contribution in [0.5, 0.6) is 0 Å².